The Kier molecular flexibility index (Phi) is 4.87. The molecule has 0 aliphatic heterocycles. The van der Waals surface area contributed by atoms with Crippen molar-refractivity contribution in [1.82, 2.24) is 19.9 Å². The first-order valence-electron chi connectivity index (χ1n) is 7.69. The number of nitrogens with one attached hydrogen (secondary N) is 1. The minimum absolute atomic E-state index is 0.0398. The summed E-state index contributed by atoms with van der Waals surface area (Å²) in [6.07, 6.45) is 1.75. The number of nitrogens with zero attached hydrogens (tertiary/aromatic N) is 3. The Morgan fingerprint density at radius 3 is 2.72 bits per heavy atom. The summed E-state index contributed by atoms with van der Waals surface area (Å²) in [4.78, 5) is 12.0. The summed E-state index contributed by atoms with van der Waals surface area (Å²) >= 11 is 0. The van der Waals surface area contributed by atoms with Crippen LogP contribution in [0.25, 0.3) is 5.65 Å². The number of benzene rings is 1. The van der Waals surface area contributed by atoms with Gasteiger partial charge in [0.2, 0.25) is 0 Å². The van der Waals surface area contributed by atoms with Crippen molar-refractivity contribution in [3.8, 4) is 6.01 Å². The van der Waals surface area contributed by atoms with Crippen molar-refractivity contribution in [2.75, 3.05) is 6.61 Å². The van der Waals surface area contributed by atoms with E-state index in [1.54, 1.807) is 29.7 Å². The van der Waals surface area contributed by atoms with Crippen LogP contribution in [0.2, 0.25) is 0 Å². The molecule has 8 heteroatoms. The molecule has 6 nitrogen and oxygen atoms in total. The van der Waals surface area contributed by atoms with Crippen LogP contribution in [-0.2, 0) is 11.2 Å². The highest BCUT2D eigenvalue weighted by Crippen LogP contribution is 2.14. The number of rotatable bonds is 6. The Morgan fingerprint density at radius 2 is 1.96 bits per heavy atom. The van der Waals surface area contributed by atoms with E-state index < -0.39 is 23.6 Å². The van der Waals surface area contributed by atoms with Gasteiger partial charge in [-0.05, 0) is 37.6 Å². The van der Waals surface area contributed by atoms with E-state index in [2.05, 4.69) is 15.5 Å². The largest absolute Gasteiger partial charge is 0.453 e. The minimum atomic E-state index is -0.632. The fraction of sp³-hybridized carbons (Fsp3) is 0.235. The zero-order chi connectivity index (χ0) is 17.8. The molecule has 0 aliphatic rings. The smallest absolute Gasteiger partial charge is 0.322 e. The van der Waals surface area contributed by atoms with Gasteiger partial charge in [-0.25, -0.2) is 8.78 Å². The Balaban J connectivity index is 1.55. The molecule has 2 heterocycles. The van der Waals surface area contributed by atoms with Gasteiger partial charge in [0.05, 0.1) is 0 Å². The van der Waals surface area contributed by atoms with Gasteiger partial charge in [-0.1, -0.05) is 17.2 Å². The number of carbonyl (C=O) groups excluding carboxylic acids is 1. The Bertz CT molecular complexity index is 877. The maximum atomic E-state index is 13.6. The molecule has 3 rings (SSSR count). The van der Waals surface area contributed by atoms with Crippen LogP contribution in [0.15, 0.2) is 42.6 Å². The molecule has 1 unspecified atom stereocenters. The number of aromatic nitrogens is 3. The SMILES string of the molecule is CC(Cc1c(F)cccc1F)NC(=O)COc1nnc2ccccn12. The highest BCUT2D eigenvalue weighted by atomic mass is 19.1. The summed E-state index contributed by atoms with van der Waals surface area (Å²) in [5.41, 5.74) is 0.543. The van der Waals surface area contributed by atoms with E-state index in [0.29, 0.717) is 5.65 Å². The summed E-state index contributed by atoms with van der Waals surface area (Å²) < 4.78 is 34.2. The topological polar surface area (TPSA) is 68.5 Å². The molecule has 130 valence electrons. The molecule has 0 saturated heterocycles. The first kappa shape index (κ1) is 16.8. The van der Waals surface area contributed by atoms with E-state index in [9.17, 15) is 13.6 Å². The van der Waals surface area contributed by atoms with Gasteiger partial charge in [-0.3, -0.25) is 9.20 Å². The maximum absolute atomic E-state index is 13.6. The molecular weight excluding hydrogens is 330 g/mol. The lowest BCUT2D eigenvalue weighted by Gasteiger charge is -2.15. The molecule has 1 N–H and O–H groups in total. The summed E-state index contributed by atoms with van der Waals surface area (Å²) in [5.74, 6) is -1.68. The van der Waals surface area contributed by atoms with E-state index in [4.69, 9.17) is 4.74 Å². The molecule has 0 radical (unpaired) electrons. The number of ether oxygens (including phenoxy) is 1. The second kappa shape index (κ2) is 7.25. The number of fused-ring (bicyclic) bond motifs is 1. The van der Waals surface area contributed by atoms with Crippen LogP contribution < -0.4 is 10.1 Å². The van der Waals surface area contributed by atoms with Gasteiger partial charge >= 0.3 is 6.01 Å². The van der Waals surface area contributed by atoms with Crippen molar-refractivity contribution in [1.29, 1.82) is 0 Å². The summed E-state index contributed by atoms with van der Waals surface area (Å²) in [5, 5.41) is 10.4. The van der Waals surface area contributed by atoms with Gasteiger partial charge in [0.25, 0.3) is 5.91 Å². The van der Waals surface area contributed by atoms with E-state index in [-0.39, 0.29) is 24.6 Å². The third-order valence-corrected chi connectivity index (χ3v) is 3.59. The number of carbonyl (C=O) groups is 1. The van der Waals surface area contributed by atoms with Crippen LogP contribution in [0.1, 0.15) is 12.5 Å². The van der Waals surface area contributed by atoms with Crippen LogP contribution in [0.5, 0.6) is 6.01 Å². The number of hydrogen-bond donors (Lipinski definition) is 1. The van der Waals surface area contributed by atoms with Crippen LogP contribution >= 0.6 is 0 Å². The molecule has 0 aliphatic carbocycles. The van der Waals surface area contributed by atoms with Crippen LogP contribution in [0, 0.1) is 11.6 Å². The fourth-order valence-corrected chi connectivity index (χ4v) is 2.45. The van der Waals surface area contributed by atoms with Gasteiger partial charge in [-0.15, -0.1) is 5.10 Å². The normalized spacial score (nSPS) is 12.1. The zero-order valence-corrected chi connectivity index (χ0v) is 13.4. The lowest BCUT2D eigenvalue weighted by atomic mass is 10.1. The van der Waals surface area contributed by atoms with Crippen molar-refractivity contribution >= 4 is 11.6 Å². The molecule has 0 bridgehead atoms. The molecule has 25 heavy (non-hydrogen) atoms. The van der Waals surface area contributed by atoms with Crippen molar-refractivity contribution in [2.24, 2.45) is 0 Å². The number of amides is 1. The van der Waals surface area contributed by atoms with Crippen LogP contribution in [0.3, 0.4) is 0 Å². The highest BCUT2D eigenvalue weighted by Gasteiger charge is 2.15. The molecular formula is C17H16F2N4O2. The third-order valence-electron chi connectivity index (χ3n) is 3.59. The summed E-state index contributed by atoms with van der Waals surface area (Å²) in [6.45, 7) is 1.38. The monoisotopic (exact) mass is 346 g/mol. The lowest BCUT2D eigenvalue weighted by Crippen LogP contribution is -2.37. The van der Waals surface area contributed by atoms with Crippen molar-refractivity contribution in [3.63, 3.8) is 0 Å². The van der Waals surface area contributed by atoms with E-state index in [0.717, 1.165) is 0 Å². The summed E-state index contributed by atoms with van der Waals surface area (Å²) in [7, 11) is 0. The predicted molar refractivity (Wildman–Crippen MR) is 86.1 cm³/mol. The minimum Gasteiger partial charge on any atom is -0.453 e. The van der Waals surface area contributed by atoms with Crippen molar-refractivity contribution in [2.45, 2.75) is 19.4 Å². The number of halogens is 2. The molecule has 2 aromatic heterocycles. The van der Waals surface area contributed by atoms with Gasteiger partial charge in [0.15, 0.2) is 12.3 Å². The summed E-state index contributed by atoms with van der Waals surface area (Å²) in [6, 6.07) is 8.76. The quantitative estimate of drug-likeness (QED) is 0.742. The van der Waals surface area contributed by atoms with Crippen LogP contribution in [-0.4, -0.2) is 33.2 Å². The third kappa shape index (κ3) is 3.90. The average molecular weight is 346 g/mol. The van der Waals surface area contributed by atoms with E-state index >= 15 is 0 Å². The van der Waals surface area contributed by atoms with Gasteiger partial charge in [0, 0.05) is 17.8 Å². The molecule has 0 spiro atoms. The number of pyridine rings is 1. The average Bonchev–Trinajstić information content (AvgIpc) is 3.00. The van der Waals surface area contributed by atoms with Gasteiger partial charge in [0.1, 0.15) is 11.6 Å². The van der Waals surface area contributed by atoms with E-state index in [1.807, 2.05) is 6.07 Å². The van der Waals surface area contributed by atoms with Gasteiger partial charge < -0.3 is 10.1 Å². The first-order valence-corrected chi connectivity index (χ1v) is 7.69. The Morgan fingerprint density at radius 1 is 1.20 bits per heavy atom. The molecule has 0 fully saturated rings. The van der Waals surface area contributed by atoms with E-state index in [1.165, 1.54) is 18.2 Å². The Hall–Kier alpha value is -3.03. The molecule has 1 amide bonds. The lowest BCUT2D eigenvalue weighted by molar-refractivity contribution is -0.123. The second-order valence-electron chi connectivity index (χ2n) is 5.57. The Labute approximate surface area is 142 Å². The maximum Gasteiger partial charge on any atom is 0.322 e. The van der Waals surface area contributed by atoms with Crippen molar-refractivity contribution in [3.05, 3.63) is 59.8 Å². The van der Waals surface area contributed by atoms with Crippen LogP contribution in [0.4, 0.5) is 8.78 Å². The van der Waals surface area contributed by atoms with Gasteiger partial charge in [-0.2, -0.15) is 0 Å². The zero-order valence-electron chi connectivity index (χ0n) is 13.4. The standard InChI is InChI=1S/C17H16F2N4O2/c1-11(9-12-13(18)5-4-6-14(12)19)20-16(24)10-25-17-22-21-15-7-2-3-8-23(15)17/h2-8,11H,9-10H2,1H3,(H,20,24). The molecule has 3 aromatic rings. The highest BCUT2D eigenvalue weighted by molar-refractivity contribution is 5.77. The predicted octanol–water partition coefficient (Wildman–Crippen LogP) is 2.13. The second-order valence-corrected chi connectivity index (χ2v) is 5.57. The molecule has 0 saturated carbocycles. The number of hydrogen-bond acceptors (Lipinski definition) is 4. The first-order chi connectivity index (χ1) is 12.0. The van der Waals surface area contributed by atoms with Crippen molar-refractivity contribution < 1.29 is 18.3 Å². The molecule has 1 aromatic carbocycles. The molecule has 1 atom stereocenters. The fourth-order valence-electron chi connectivity index (χ4n) is 2.45.